The van der Waals surface area contributed by atoms with E-state index in [0.29, 0.717) is 17.7 Å². The van der Waals surface area contributed by atoms with Crippen LogP contribution in [0, 0.1) is 13.8 Å². The molecule has 22 heavy (non-hydrogen) atoms. The molecule has 2 aromatic rings. The lowest BCUT2D eigenvalue weighted by atomic mass is 9.98. The second kappa shape index (κ2) is 5.79. The summed E-state index contributed by atoms with van der Waals surface area (Å²) in [6.07, 6.45) is 0.283. The second-order valence-electron chi connectivity index (χ2n) is 5.80. The average Bonchev–Trinajstić information content (AvgIpc) is 2.81. The standard InChI is InChI=1S/C16H20N2O4/c1-5-16(4,15(20)21)17-13(19)8-11-14-10(3)6-9(2)7-12(14)22-18-11/h6-7H,5,8H2,1-4H3,(H,17,19)(H,20,21). The summed E-state index contributed by atoms with van der Waals surface area (Å²) in [5, 5.41) is 16.5. The third kappa shape index (κ3) is 2.95. The lowest BCUT2D eigenvalue weighted by molar-refractivity contribution is -0.146. The van der Waals surface area contributed by atoms with Crippen LogP contribution in [0.25, 0.3) is 11.0 Å². The number of aromatic nitrogens is 1. The number of nitrogens with one attached hydrogen (secondary N) is 1. The van der Waals surface area contributed by atoms with E-state index in [1.165, 1.54) is 6.92 Å². The number of carboxylic acids is 1. The van der Waals surface area contributed by atoms with Gasteiger partial charge in [-0.25, -0.2) is 4.79 Å². The molecular formula is C16H20N2O4. The number of hydrogen-bond donors (Lipinski definition) is 2. The molecule has 0 bridgehead atoms. The number of nitrogens with zero attached hydrogens (tertiary/aromatic N) is 1. The fraction of sp³-hybridized carbons (Fsp3) is 0.438. The van der Waals surface area contributed by atoms with Crippen molar-refractivity contribution in [2.45, 2.75) is 46.1 Å². The SMILES string of the molecule is CCC(C)(NC(=O)Cc1noc2cc(C)cc(C)c12)C(=O)O. The largest absolute Gasteiger partial charge is 0.480 e. The van der Waals surface area contributed by atoms with Crippen molar-refractivity contribution in [3.63, 3.8) is 0 Å². The van der Waals surface area contributed by atoms with E-state index in [1.54, 1.807) is 6.92 Å². The van der Waals surface area contributed by atoms with Crippen LogP contribution in [0.1, 0.15) is 37.1 Å². The molecule has 0 saturated carbocycles. The molecule has 1 aromatic heterocycles. The molecule has 2 rings (SSSR count). The van der Waals surface area contributed by atoms with Crippen LogP contribution in [0.5, 0.6) is 0 Å². The van der Waals surface area contributed by atoms with Crippen LogP contribution in [0.4, 0.5) is 0 Å². The molecule has 0 radical (unpaired) electrons. The number of carboxylic acid groups (broad SMARTS) is 1. The van der Waals surface area contributed by atoms with Crippen molar-refractivity contribution in [3.8, 4) is 0 Å². The highest BCUT2D eigenvalue weighted by Crippen LogP contribution is 2.24. The summed E-state index contributed by atoms with van der Waals surface area (Å²) in [6, 6.07) is 3.86. The van der Waals surface area contributed by atoms with Crippen molar-refractivity contribution in [1.82, 2.24) is 10.5 Å². The highest BCUT2D eigenvalue weighted by Gasteiger charge is 2.33. The number of aryl methyl sites for hydroxylation is 2. The number of benzene rings is 1. The van der Waals surface area contributed by atoms with E-state index < -0.39 is 11.5 Å². The van der Waals surface area contributed by atoms with Gasteiger partial charge in [-0.2, -0.15) is 0 Å². The van der Waals surface area contributed by atoms with Crippen molar-refractivity contribution in [3.05, 3.63) is 29.0 Å². The van der Waals surface area contributed by atoms with Crippen LogP contribution in [-0.2, 0) is 16.0 Å². The fourth-order valence-electron chi connectivity index (χ4n) is 2.44. The van der Waals surface area contributed by atoms with Gasteiger partial charge in [-0.3, -0.25) is 4.79 Å². The van der Waals surface area contributed by atoms with Crippen LogP contribution in [0.2, 0.25) is 0 Å². The molecule has 118 valence electrons. The maximum atomic E-state index is 12.2. The summed E-state index contributed by atoms with van der Waals surface area (Å²) >= 11 is 0. The topological polar surface area (TPSA) is 92.4 Å². The van der Waals surface area contributed by atoms with Crippen LogP contribution < -0.4 is 5.32 Å². The van der Waals surface area contributed by atoms with Crippen LogP contribution in [0.15, 0.2) is 16.7 Å². The molecule has 6 heteroatoms. The van der Waals surface area contributed by atoms with Gasteiger partial charge in [0.25, 0.3) is 0 Å². The quantitative estimate of drug-likeness (QED) is 0.884. The Morgan fingerprint density at radius 1 is 1.36 bits per heavy atom. The van der Waals surface area contributed by atoms with Gasteiger partial charge in [0.2, 0.25) is 5.91 Å². The molecule has 0 saturated heterocycles. The molecule has 0 spiro atoms. The van der Waals surface area contributed by atoms with E-state index in [0.717, 1.165) is 16.5 Å². The number of carbonyl (C=O) groups is 2. The minimum atomic E-state index is -1.28. The van der Waals surface area contributed by atoms with Gasteiger partial charge >= 0.3 is 5.97 Å². The number of rotatable bonds is 5. The number of aliphatic carboxylic acids is 1. The maximum absolute atomic E-state index is 12.2. The smallest absolute Gasteiger partial charge is 0.329 e. The van der Waals surface area contributed by atoms with E-state index in [4.69, 9.17) is 4.52 Å². The number of carbonyl (C=O) groups excluding carboxylic acids is 1. The van der Waals surface area contributed by atoms with Gasteiger partial charge in [0.15, 0.2) is 5.58 Å². The minimum absolute atomic E-state index is 0.0141. The van der Waals surface area contributed by atoms with Crippen molar-refractivity contribution in [2.24, 2.45) is 0 Å². The first kappa shape index (κ1) is 16.0. The predicted octanol–water partition coefficient (Wildman–Crippen LogP) is 2.36. The molecule has 0 aliphatic carbocycles. The monoisotopic (exact) mass is 304 g/mol. The fourth-order valence-corrected chi connectivity index (χ4v) is 2.44. The molecule has 1 unspecified atom stereocenters. The zero-order valence-corrected chi connectivity index (χ0v) is 13.2. The number of amides is 1. The molecule has 2 N–H and O–H groups in total. The molecule has 1 amide bonds. The molecule has 1 atom stereocenters. The van der Waals surface area contributed by atoms with Crippen molar-refractivity contribution in [2.75, 3.05) is 0 Å². The van der Waals surface area contributed by atoms with Crippen molar-refractivity contribution >= 4 is 22.8 Å². The summed E-state index contributed by atoms with van der Waals surface area (Å²) in [7, 11) is 0. The molecule has 1 aromatic carbocycles. The highest BCUT2D eigenvalue weighted by molar-refractivity contribution is 5.91. The lowest BCUT2D eigenvalue weighted by Crippen LogP contribution is -2.52. The Bertz CT molecular complexity index is 735. The Kier molecular flexibility index (Phi) is 4.21. The Hall–Kier alpha value is -2.37. The van der Waals surface area contributed by atoms with Gasteiger partial charge in [0.1, 0.15) is 11.2 Å². The van der Waals surface area contributed by atoms with Gasteiger partial charge in [-0.15, -0.1) is 0 Å². The lowest BCUT2D eigenvalue weighted by Gasteiger charge is -2.24. The summed E-state index contributed by atoms with van der Waals surface area (Å²) in [6.45, 7) is 7.10. The molecule has 0 fully saturated rings. The van der Waals surface area contributed by atoms with E-state index in [-0.39, 0.29) is 12.3 Å². The van der Waals surface area contributed by atoms with Gasteiger partial charge in [-0.05, 0) is 44.4 Å². The maximum Gasteiger partial charge on any atom is 0.329 e. The zero-order valence-electron chi connectivity index (χ0n) is 13.2. The first-order valence-electron chi connectivity index (χ1n) is 7.16. The first-order valence-corrected chi connectivity index (χ1v) is 7.16. The molecule has 6 nitrogen and oxygen atoms in total. The number of hydrogen-bond acceptors (Lipinski definition) is 4. The van der Waals surface area contributed by atoms with E-state index >= 15 is 0 Å². The Morgan fingerprint density at radius 3 is 2.64 bits per heavy atom. The summed E-state index contributed by atoms with van der Waals surface area (Å²) in [4.78, 5) is 23.4. The Balaban J connectivity index is 2.25. The third-order valence-corrected chi connectivity index (χ3v) is 3.91. The van der Waals surface area contributed by atoms with E-state index in [1.807, 2.05) is 26.0 Å². The molecule has 0 aliphatic heterocycles. The van der Waals surface area contributed by atoms with Gasteiger partial charge in [0, 0.05) is 5.39 Å². The van der Waals surface area contributed by atoms with Gasteiger partial charge in [-0.1, -0.05) is 18.1 Å². The highest BCUT2D eigenvalue weighted by atomic mass is 16.5. The molecular weight excluding hydrogens is 284 g/mol. The first-order chi connectivity index (χ1) is 10.3. The van der Waals surface area contributed by atoms with Gasteiger partial charge < -0.3 is 14.9 Å². The Labute approximate surface area is 128 Å². The summed E-state index contributed by atoms with van der Waals surface area (Å²) in [5.41, 5.74) is 1.92. The Morgan fingerprint density at radius 2 is 2.05 bits per heavy atom. The second-order valence-corrected chi connectivity index (χ2v) is 5.80. The normalized spacial score (nSPS) is 13.8. The van der Waals surface area contributed by atoms with Crippen LogP contribution in [-0.4, -0.2) is 27.7 Å². The van der Waals surface area contributed by atoms with Crippen LogP contribution in [0.3, 0.4) is 0 Å². The van der Waals surface area contributed by atoms with Crippen molar-refractivity contribution < 1.29 is 19.2 Å². The predicted molar refractivity (Wildman–Crippen MR) is 81.7 cm³/mol. The third-order valence-electron chi connectivity index (χ3n) is 3.91. The van der Waals surface area contributed by atoms with Crippen LogP contribution >= 0.6 is 0 Å². The van der Waals surface area contributed by atoms with E-state index in [2.05, 4.69) is 10.5 Å². The van der Waals surface area contributed by atoms with Gasteiger partial charge in [0.05, 0.1) is 6.42 Å². The molecule has 0 aliphatic rings. The zero-order chi connectivity index (χ0) is 16.5. The van der Waals surface area contributed by atoms with Crippen molar-refractivity contribution in [1.29, 1.82) is 0 Å². The summed E-state index contributed by atoms with van der Waals surface area (Å²) in [5.74, 6) is -1.44. The minimum Gasteiger partial charge on any atom is -0.480 e. The molecule has 1 heterocycles. The number of fused-ring (bicyclic) bond motifs is 1. The average molecular weight is 304 g/mol. The van der Waals surface area contributed by atoms with E-state index in [9.17, 15) is 14.7 Å². The summed E-state index contributed by atoms with van der Waals surface area (Å²) < 4.78 is 5.27.